The highest BCUT2D eigenvalue weighted by atomic mass is 16.6. The number of hydrogen-bond acceptors (Lipinski definition) is 6. The number of nitrogens with zero attached hydrogens (tertiary/aromatic N) is 1. The minimum atomic E-state index is -1.47. The number of alkyl carbamates (subject to hydrolysis) is 1. The number of hydrogen-bond donors (Lipinski definition) is 4. The van der Waals surface area contributed by atoms with Crippen LogP contribution in [0.25, 0.3) is 0 Å². The lowest BCUT2D eigenvalue weighted by Gasteiger charge is -2.54. The summed E-state index contributed by atoms with van der Waals surface area (Å²) in [5.41, 5.74) is -2.78. The molecular weight excluding hydrogens is 448 g/mol. The van der Waals surface area contributed by atoms with E-state index in [9.17, 15) is 19.5 Å². The van der Waals surface area contributed by atoms with Crippen LogP contribution in [0.2, 0.25) is 0 Å². The van der Waals surface area contributed by atoms with Gasteiger partial charge >= 0.3 is 6.09 Å². The van der Waals surface area contributed by atoms with E-state index in [1.165, 1.54) is 13.8 Å². The lowest BCUT2D eigenvalue weighted by atomic mass is 9.61. The molecule has 4 fully saturated rings. The Hall–Kier alpha value is -1.87. The Balaban J connectivity index is 1.60. The van der Waals surface area contributed by atoms with Gasteiger partial charge in [0.2, 0.25) is 11.8 Å². The molecule has 9 nitrogen and oxygen atoms in total. The maximum atomic E-state index is 13.3. The summed E-state index contributed by atoms with van der Waals surface area (Å²) in [6.07, 6.45) is 5.89. The van der Waals surface area contributed by atoms with E-state index in [0.717, 1.165) is 57.9 Å². The average molecular weight is 495 g/mol. The minimum absolute atomic E-state index is 0.0517. The van der Waals surface area contributed by atoms with E-state index in [2.05, 4.69) is 34.7 Å². The summed E-state index contributed by atoms with van der Waals surface area (Å²) < 4.78 is 5.29. The third kappa shape index (κ3) is 6.67. The largest absolute Gasteiger partial charge is 0.444 e. The Morgan fingerprint density at radius 1 is 0.943 bits per heavy atom. The number of fused-ring (bicyclic) bond motifs is 3. The van der Waals surface area contributed by atoms with E-state index in [1.807, 2.05) is 0 Å². The van der Waals surface area contributed by atoms with Crippen molar-refractivity contribution in [2.75, 3.05) is 6.54 Å². The van der Waals surface area contributed by atoms with Crippen LogP contribution in [0, 0.1) is 0 Å². The zero-order valence-electron chi connectivity index (χ0n) is 22.6. The lowest BCUT2D eigenvalue weighted by Crippen LogP contribution is -2.68. The van der Waals surface area contributed by atoms with Crippen molar-refractivity contribution in [3.05, 3.63) is 0 Å². The van der Waals surface area contributed by atoms with Crippen LogP contribution in [-0.4, -0.2) is 74.9 Å². The van der Waals surface area contributed by atoms with Crippen molar-refractivity contribution in [2.24, 2.45) is 0 Å². The molecule has 200 valence electrons. The Kier molecular flexibility index (Phi) is 7.83. The molecule has 3 amide bonds. The number of likely N-dealkylation sites (tertiary alicyclic amines) is 1. The van der Waals surface area contributed by atoms with Crippen molar-refractivity contribution in [3.8, 4) is 0 Å². The smallest absolute Gasteiger partial charge is 0.408 e. The number of carbonyl (C=O) groups is 3. The number of ether oxygens (including phenoxy) is 1. The molecule has 9 heteroatoms. The van der Waals surface area contributed by atoms with E-state index < -0.39 is 29.2 Å². The Bertz CT molecular complexity index is 789. The molecule has 0 spiro atoms. The van der Waals surface area contributed by atoms with E-state index in [0.29, 0.717) is 6.04 Å². The van der Waals surface area contributed by atoms with Gasteiger partial charge in [-0.15, -0.1) is 0 Å². The van der Waals surface area contributed by atoms with Gasteiger partial charge in [0.15, 0.2) is 0 Å². The van der Waals surface area contributed by atoms with E-state index in [1.54, 1.807) is 20.8 Å². The van der Waals surface area contributed by atoms with E-state index in [4.69, 9.17) is 4.74 Å². The lowest BCUT2D eigenvalue weighted by molar-refractivity contribution is -0.135. The van der Waals surface area contributed by atoms with Crippen LogP contribution in [-0.2, 0) is 14.3 Å². The van der Waals surface area contributed by atoms with Gasteiger partial charge in [0.05, 0.1) is 11.6 Å². The van der Waals surface area contributed by atoms with Gasteiger partial charge in [-0.2, -0.15) is 0 Å². The van der Waals surface area contributed by atoms with Crippen molar-refractivity contribution < 1.29 is 24.2 Å². The molecule has 35 heavy (non-hydrogen) atoms. The van der Waals surface area contributed by atoms with Crippen molar-refractivity contribution in [1.82, 2.24) is 20.9 Å². The molecule has 0 radical (unpaired) electrons. The zero-order chi connectivity index (χ0) is 26.2. The first-order valence-corrected chi connectivity index (χ1v) is 13.2. The highest BCUT2D eigenvalue weighted by Crippen LogP contribution is 2.47. The normalized spacial score (nSPS) is 30.1. The third-order valence-electron chi connectivity index (χ3n) is 7.91. The predicted octanol–water partition coefficient (Wildman–Crippen LogP) is 2.60. The zero-order valence-corrected chi connectivity index (χ0v) is 22.6. The minimum Gasteiger partial charge on any atom is -0.444 e. The number of carbonyl (C=O) groups excluding carboxylic acids is 3. The highest BCUT2D eigenvalue weighted by Gasteiger charge is 2.52. The van der Waals surface area contributed by atoms with Crippen LogP contribution in [0.3, 0.4) is 0 Å². The second kappa shape index (κ2) is 9.88. The fourth-order valence-electron chi connectivity index (χ4n) is 5.92. The number of rotatable bonds is 7. The Morgan fingerprint density at radius 2 is 1.46 bits per heavy atom. The van der Waals surface area contributed by atoms with Gasteiger partial charge in [0.1, 0.15) is 11.6 Å². The molecule has 1 saturated heterocycles. The molecule has 4 N–H and O–H groups in total. The van der Waals surface area contributed by atoms with Gasteiger partial charge in [-0.1, -0.05) is 0 Å². The first-order valence-electron chi connectivity index (χ1n) is 13.2. The summed E-state index contributed by atoms with van der Waals surface area (Å²) in [5.74, 6) is -0.279. The van der Waals surface area contributed by atoms with E-state index in [-0.39, 0.29) is 23.0 Å². The Labute approximate surface area is 210 Å². The molecule has 0 unspecified atom stereocenters. The SMILES string of the molecule is CC(C)N1CCC[C@H]1C(=O)NC12CCC(NC(=O)[C@@H](NC(=O)OC(C)(C)C)C(C)(C)O)(CC1)CC2. The van der Waals surface area contributed by atoms with Crippen LogP contribution < -0.4 is 16.0 Å². The van der Waals surface area contributed by atoms with Gasteiger partial charge in [-0.05, 0) is 106 Å². The molecule has 2 bridgehead atoms. The molecular formula is C26H46N4O5. The van der Waals surface area contributed by atoms with Crippen LogP contribution in [0.4, 0.5) is 4.79 Å². The van der Waals surface area contributed by atoms with Crippen LogP contribution in [0.15, 0.2) is 0 Å². The molecule has 3 saturated carbocycles. The molecule has 0 aromatic rings. The van der Waals surface area contributed by atoms with Crippen molar-refractivity contribution in [1.29, 1.82) is 0 Å². The summed E-state index contributed by atoms with van der Waals surface area (Å²) in [7, 11) is 0. The topological polar surface area (TPSA) is 120 Å². The van der Waals surface area contributed by atoms with Gasteiger partial charge in [0, 0.05) is 17.1 Å². The third-order valence-corrected chi connectivity index (χ3v) is 7.91. The first kappa shape index (κ1) is 27.7. The molecule has 1 aliphatic heterocycles. The van der Waals surface area contributed by atoms with Crippen LogP contribution in [0.5, 0.6) is 0 Å². The standard InChI is InChI=1S/C26H46N4O5/c1-17(2)30-16-8-9-18(30)20(31)28-25-10-13-26(14-11-25,15-12-25)29-21(32)19(24(6,7)34)27-22(33)35-23(3,4)5/h17-19,34H,8-16H2,1-7H3,(H,27,33)(H,28,31)(H,29,32)/t18-,19+,25?,26?/m0/s1. The Morgan fingerprint density at radius 3 is 1.91 bits per heavy atom. The number of nitrogens with one attached hydrogen (secondary N) is 3. The molecule has 1 heterocycles. The molecule has 2 atom stereocenters. The number of aliphatic hydroxyl groups is 1. The van der Waals surface area contributed by atoms with Crippen molar-refractivity contribution >= 4 is 17.9 Å². The monoisotopic (exact) mass is 494 g/mol. The fraction of sp³-hybridized carbons (Fsp3) is 0.885. The molecule has 3 aliphatic carbocycles. The molecule has 0 aromatic heterocycles. The van der Waals surface area contributed by atoms with E-state index >= 15 is 0 Å². The summed E-state index contributed by atoms with van der Waals surface area (Å²) in [5, 5.41) is 19.7. The predicted molar refractivity (Wildman–Crippen MR) is 134 cm³/mol. The van der Waals surface area contributed by atoms with Crippen LogP contribution >= 0.6 is 0 Å². The molecule has 4 aliphatic rings. The molecule has 4 rings (SSSR count). The van der Waals surface area contributed by atoms with Crippen molar-refractivity contribution in [3.63, 3.8) is 0 Å². The first-order chi connectivity index (χ1) is 16.0. The summed E-state index contributed by atoms with van der Waals surface area (Å²) >= 11 is 0. The van der Waals surface area contributed by atoms with Gasteiger partial charge in [-0.25, -0.2) is 4.79 Å². The summed E-state index contributed by atoms with van der Waals surface area (Å²) in [4.78, 5) is 41.0. The number of amides is 3. The molecule has 0 aromatic carbocycles. The maximum Gasteiger partial charge on any atom is 0.408 e. The van der Waals surface area contributed by atoms with Crippen molar-refractivity contribution in [2.45, 2.75) is 140 Å². The summed E-state index contributed by atoms with van der Waals surface area (Å²) in [6, 6.07) is -0.849. The van der Waals surface area contributed by atoms with Gasteiger partial charge in [-0.3, -0.25) is 14.5 Å². The van der Waals surface area contributed by atoms with Gasteiger partial charge < -0.3 is 25.8 Å². The summed E-state index contributed by atoms with van der Waals surface area (Å²) in [6.45, 7) is 13.5. The van der Waals surface area contributed by atoms with Crippen LogP contribution in [0.1, 0.15) is 99.8 Å². The second-order valence-corrected chi connectivity index (χ2v) is 12.8. The highest BCUT2D eigenvalue weighted by molar-refractivity contribution is 5.87. The fourth-order valence-corrected chi connectivity index (χ4v) is 5.92. The average Bonchev–Trinajstić information content (AvgIpc) is 3.22. The quantitative estimate of drug-likeness (QED) is 0.432. The second-order valence-electron chi connectivity index (χ2n) is 12.8. The maximum absolute atomic E-state index is 13.3. The van der Waals surface area contributed by atoms with Gasteiger partial charge in [0.25, 0.3) is 0 Å².